The monoisotopic (exact) mass is 343 g/mol. The first kappa shape index (κ1) is 15.2. The van der Waals surface area contributed by atoms with Crippen molar-refractivity contribution < 1.29 is 13.7 Å². The van der Waals surface area contributed by atoms with E-state index in [-0.39, 0.29) is 17.8 Å². The molecule has 8 heteroatoms. The summed E-state index contributed by atoms with van der Waals surface area (Å²) >= 11 is 11.3. The summed E-state index contributed by atoms with van der Waals surface area (Å²) in [5.41, 5.74) is 0.639. The first-order chi connectivity index (χ1) is 10.6. The lowest BCUT2D eigenvalue weighted by Gasteiger charge is -2.22. The molecule has 0 spiro atoms. The van der Waals surface area contributed by atoms with Crippen molar-refractivity contribution in [2.75, 3.05) is 6.54 Å². The zero-order chi connectivity index (χ0) is 15.7. The summed E-state index contributed by atoms with van der Waals surface area (Å²) in [7, 11) is 0. The van der Waals surface area contributed by atoms with Gasteiger partial charge in [-0.3, -0.25) is 4.79 Å². The van der Waals surface area contributed by atoms with Gasteiger partial charge in [0.1, 0.15) is 11.9 Å². The first-order valence-corrected chi connectivity index (χ1v) is 7.61. The van der Waals surface area contributed by atoms with Gasteiger partial charge in [-0.15, -0.1) is 0 Å². The highest BCUT2D eigenvalue weighted by Gasteiger charge is 2.36. The Kier molecular flexibility index (Phi) is 4.31. The summed E-state index contributed by atoms with van der Waals surface area (Å²) in [4.78, 5) is 16.7. The van der Waals surface area contributed by atoms with E-state index in [2.05, 4.69) is 10.1 Å². The Morgan fingerprint density at radius 2 is 2.09 bits per heavy atom. The van der Waals surface area contributed by atoms with Gasteiger partial charge >= 0.3 is 0 Å². The van der Waals surface area contributed by atoms with Crippen molar-refractivity contribution in [3.63, 3.8) is 0 Å². The number of hydrogen-bond donors (Lipinski definition) is 0. The summed E-state index contributed by atoms with van der Waals surface area (Å²) in [6.45, 7) is 0.549. The molecule has 1 aromatic heterocycles. The quantitative estimate of drug-likeness (QED) is 0.802. The number of amides is 1. The fraction of sp³-hybridized carbons (Fsp3) is 0.357. The van der Waals surface area contributed by atoms with Crippen LogP contribution in [-0.4, -0.2) is 32.3 Å². The summed E-state index contributed by atoms with van der Waals surface area (Å²) in [6, 6.07) is 5.45. The summed E-state index contributed by atoms with van der Waals surface area (Å²) in [5, 5.41) is 3.89. The van der Waals surface area contributed by atoms with E-state index in [1.165, 1.54) is 12.1 Å². The topological polar surface area (TPSA) is 59.2 Å². The highest BCUT2D eigenvalue weighted by atomic mass is 35.5. The molecule has 0 N–H and O–H groups in total. The maximum atomic E-state index is 12.9. The van der Waals surface area contributed by atoms with Crippen molar-refractivity contribution in [2.45, 2.75) is 23.7 Å². The van der Waals surface area contributed by atoms with Gasteiger partial charge in [0.15, 0.2) is 4.84 Å². The number of benzene rings is 1. The molecule has 0 saturated carbocycles. The lowest BCUT2D eigenvalue weighted by atomic mass is 10.2. The van der Waals surface area contributed by atoms with Crippen LogP contribution in [0.3, 0.4) is 0 Å². The SMILES string of the molecule is O=C(C(Cl)Cl)N1CCCC1c1nc(-c2ccc(F)cc2)no1. The normalized spacial score (nSPS) is 18.2. The molecule has 3 rings (SSSR count). The third-order valence-electron chi connectivity index (χ3n) is 3.55. The van der Waals surface area contributed by atoms with Crippen molar-refractivity contribution in [3.05, 3.63) is 36.0 Å². The van der Waals surface area contributed by atoms with E-state index in [0.29, 0.717) is 30.2 Å². The van der Waals surface area contributed by atoms with E-state index >= 15 is 0 Å². The Morgan fingerprint density at radius 3 is 2.77 bits per heavy atom. The van der Waals surface area contributed by atoms with Gasteiger partial charge in [0.2, 0.25) is 11.7 Å². The number of rotatable bonds is 3. The van der Waals surface area contributed by atoms with Gasteiger partial charge in [-0.1, -0.05) is 28.4 Å². The number of carbonyl (C=O) groups is 1. The lowest BCUT2D eigenvalue weighted by Crippen LogP contribution is -2.34. The maximum Gasteiger partial charge on any atom is 0.256 e. The zero-order valence-corrected chi connectivity index (χ0v) is 12.9. The average Bonchev–Trinajstić information content (AvgIpc) is 3.15. The number of nitrogens with zero attached hydrogens (tertiary/aromatic N) is 3. The van der Waals surface area contributed by atoms with E-state index in [9.17, 15) is 9.18 Å². The van der Waals surface area contributed by atoms with Crippen LogP contribution in [0.1, 0.15) is 24.8 Å². The van der Waals surface area contributed by atoms with Crippen molar-refractivity contribution in [1.29, 1.82) is 0 Å². The molecule has 5 nitrogen and oxygen atoms in total. The number of aromatic nitrogens is 2. The molecule has 1 saturated heterocycles. The van der Waals surface area contributed by atoms with Crippen molar-refractivity contribution in [3.8, 4) is 11.4 Å². The van der Waals surface area contributed by atoms with Gasteiger partial charge in [0.25, 0.3) is 5.91 Å². The Bertz CT molecular complexity index is 675. The molecule has 1 unspecified atom stereocenters. The van der Waals surface area contributed by atoms with Crippen LogP contribution in [0.2, 0.25) is 0 Å². The third kappa shape index (κ3) is 2.94. The molecule has 1 aromatic carbocycles. The molecule has 0 aliphatic carbocycles. The Morgan fingerprint density at radius 1 is 1.36 bits per heavy atom. The van der Waals surface area contributed by atoms with Crippen LogP contribution in [0.15, 0.2) is 28.8 Å². The molecule has 22 heavy (non-hydrogen) atoms. The minimum Gasteiger partial charge on any atom is -0.337 e. The number of hydrogen-bond acceptors (Lipinski definition) is 4. The molecule has 2 aromatic rings. The minimum atomic E-state index is -1.11. The van der Waals surface area contributed by atoms with Crippen LogP contribution in [0, 0.1) is 5.82 Å². The van der Waals surface area contributed by atoms with Crippen LogP contribution < -0.4 is 0 Å². The first-order valence-electron chi connectivity index (χ1n) is 6.74. The second-order valence-electron chi connectivity index (χ2n) is 4.95. The molecule has 0 radical (unpaired) electrons. The highest BCUT2D eigenvalue weighted by Crippen LogP contribution is 2.33. The fourth-order valence-corrected chi connectivity index (χ4v) is 2.75. The van der Waals surface area contributed by atoms with Crippen LogP contribution in [-0.2, 0) is 4.79 Å². The molecule has 1 atom stereocenters. The predicted molar refractivity (Wildman–Crippen MR) is 78.9 cm³/mol. The summed E-state index contributed by atoms with van der Waals surface area (Å²) < 4.78 is 18.2. The maximum absolute atomic E-state index is 12.9. The molecule has 116 valence electrons. The molecular formula is C14H12Cl2FN3O2. The molecule has 1 aliphatic rings. The van der Waals surface area contributed by atoms with E-state index in [1.54, 1.807) is 17.0 Å². The van der Waals surface area contributed by atoms with Crippen LogP contribution in [0.4, 0.5) is 4.39 Å². The van der Waals surface area contributed by atoms with E-state index < -0.39 is 4.84 Å². The smallest absolute Gasteiger partial charge is 0.256 e. The van der Waals surface area contributed by atoms with E-state index in [1.807, 2.05) is 0 Å². The average molecular weight is 344 g/mol. The van der Waals surface area contributed by atoms with Gasteiger partial charge < -0.3 is 9.42 Å². The van der Waals surface area contributed by atoms with Gasteiger partial charge in [-0.2, -0.15) is 4.98 Å². The van der Waals surface area contributed by atoms with Crippen LogP contribution >= 0.6 is 23.2 Å². The largest absolute Gasteiger partial charge is 0.337 e. The Labute approximate surface area is 136 Å². The molecule has 1 amide bonds. The standard InChI is InChI=1S/C14H12Cl2FN3O2/c15-11(16)14(21)20-7-1-2-10(20)13-18-12(19-22-13)8-3-5-9(17)6-4-8/h3-6,10-11H,1-2,7H2. The Balaban J connectivity index is 1.84. The van der Waals surface area contributed by atoms with Crippen LogP contribution in [0.25, 0.3) is 11.4 Å². The van der Waals surface area contributed by atoms with Gasteiger partial charge in [0.05, 0.1) is 0 Å². The van der Waals surface area contributed by atoms with Crippen LogP contribution in [0.5, 0.6) is 0 Å². The highest BCUT2D eigenvalue weighted by molar-refractivity contribution is 6.53. The number of alkyl halides is 2. The van der Waals surface area contributed by atoms with Gasteiger partial charge in [0, 0.05) is 12.1 Å². The van der Waals surface area contributed by atoms with E-state index in [0.717, 1.165) is 6.42 Å². The predicted octanol–water partition coefficient (Wildman–Crippen LogP) is 3.34. The molecule has 2 heterocycles. The lowest BCUT2D eigenvalue weighted by molar-refractivity contribution is -0.130. The molecule has 1 fully saturated rings. The Hall–Kier alpha value is -1.66. The summed E-state index contributed by atoms with van der Waals surface area (Å²) in [6.07, 6.45) is 1.52. The molecule has 1 aliphatic heterocycles. The van der Waals surface area contributed by atoms with Crippen molar-refractivity contribution >= 4 is 29.1 Å². The number of halogens is 3. The molecular weight excluding hydrogens is 332 g/mol. The van der Waals surface area contributed by atoms with Gasteiger partial charge in [-0.05, 0) is 37.1 Å². The van der Waals surface area contributed by atoms with E-state index in [4.69, 9.17) is 27.7 Å². The number of likely N-dealkylation sites (tertiary alicyclic amines) is 1. The number of carbonyl (C=O) groups excluding carboxylic acids is 1. The zero-order valence-electron chi connectivity index (χ0n) is 11.4. The second kappa shape index (κ2) is 6.22. The van der Waals surface area contributed by atoms with Crippen molar-refractivity contribution in [1.82, 2.24) is 15.0 Å². The minimum absolute atomic E-state index is 0.325. The van der Waals surface area contributed by atoms with Crippen molar-refractivity contribution in [2.24, 2.45) is 0 Å². The fourth-order valence-electron chi connectivity index (χ4n) is 2.50. The van der Waals surface area contributed by atoms with Gasteiger partial charge in [-0.25, -0.2) is 4.39 Å². The summed E-state index contributed by atoms with van der Waals surface area (Å²) in [5.74, 6) is -0.0237. The third-order valence-corrected chi connectivity index (χ3v) is 3.93. The second-order valence-corrected chi connectivity index (χ2v) is 6.05. The molecule has 0 bridgehead atoms.